The number of rotatable bonds is 7. The second-order valence-electron chi connectivity index (χ2n) is 10.4. The molecule has 4 unspecified atom stereocenters. The van der Waals surface area contributed by atoms with E-state index in [-0.39, 0.29) is 5.82 Å². The minimum Gasteiger partial charge on any atom is -0.207 e. The van der Waals surface area contributed by atoms with E-state index in [1.54, 1.807) is 6.07 Å². The van der Waals surface area contributed by atoms with E-state index < -0.39 is 0 Å². The van der Waals surface area contributed by atoms with Gasteiger partial charge in [-0.2, -0.15) is 0 Å². The van der Waals surface area contributed by atoms with E-state index in [1.807, 2.05) is 30.3 Å². The van der Waals surface area contributed by atoms with Gasteiger partial charge in [0.05, 0.1) is 0 Å². The highest BCUT2D eigenvalue weighted by atomic mass is 19.1. The van der Waals surface area contributed by atoms with Gasteiger partial charge in [-0.15, -0.1) is 6.58 Å². The molecule has 2 aliphatic carbocycles. The summed E-state index contributed by atoms with van der Waals surface area (Å²) in [6.45, 7) is 5.89. The van der Waals surface area contributed by atoms with Crippen molar-refractivity contribution in [3.63, 3.8) is 0 Å². The Hall–Kier alpha value is -2.59. The van der Waals surface area contributed by atoms with Crippen LogP contribution in [0.2, 0.25) is 0 Å². The van der Waals surface area contributed by atoms with Gasteiger partial charge in [-0.3, -0.25) is 0 Å². The lowest BCUT2D eigenvalue weighted by molar-refractivity contribution is 0.114. The standard InChI is InChI=1S/C33H39F/c1-3-5-7-9-27-16-18-30-24-31(20-19-29(30)22-27)32-21-17-28(23-33(32)34)15-14-26-12-10-25(11-13-26)8-6-4-2/h3-5,10-13,17,21,23,27,29-31H,2,6-9,16,18-20,22,24H2,1H3/b5-3+. The Morgan fingerprint density at radius 1 is 0.912 bits per heavy atom. The van der Waals surface area contributed by atoms with Crippen molar-refractivity contribution in [3.8, 4) is 11.8 Å². The Labute approximate surface area is 206 Å². The van der Waals surface area contributed by atoms with Gasteiger partial charge in [0.2, 0.25) is 0 Å². The second-order valence-corrected chi connectivity index (χ2v) is 10.4. The van der Waals surface area contributed by atoms with Crippen molar-refractivity contribution in [1.29, 1.82) is 0 Å². The predicted octanol–water partition coefficient (Wildman–Crippen LogP) is 9.00. The molecule has 1 heteroatoms. The number of fused-ring (bicyclic) bond motifs is 1. The summed E-state index contributed by atoms with van der Waals surface area (Å²) in [4.78, 5) is 0. The van der Waals surface area contributed by atoms with Crippen molar-refractivity contribution in [2.24, 2.45) is 17.8 Å². The van der Waals surface area contributed by atoms with Crippen molar-refractivity contribution in [1.82, 2.24) is 0 Å². The van der Waals surface area contributed by atoms with Crippen molar-refractivity contribution < 1.29 is 4.39 Å². The third kappa shape index (κ3) is 6.50. The average molecular weight is 455 g/mol. The molecule has 0 aliphatic heterocycles. The Morgan fingerprint density at radius 3 is 2.41 bits per heavy atom. The molecule has 4 rings (SSSR count). The summed E-state index contributed by atoms with van der Waals surface area (Å²) >= 11 is 0. The minimum atomic E-state index is -0.0740. The maximum Gasteiger partial charge on any atom is 0.127 e. The van der Waals surface area contributed by atoms with Gasteiger partial charge in [0.15, 0.2) is 0 Å². The Morgan fingerprint density at radius 2 is 1.65 bits per heavy atom. The fourth-order valence-electron chi connectivity index (χ4n) is 6.13. The van der Waals surface area contributed by atoms with Gasteiger partial charge in [-0.1, -0.05) is 54.7 Å². The highest BCUT2D eigenvalue weighted by Gasteiger charge is 2.36. The zero-order valence-electron chi connectivity index (χ0n) is 20.7. The van der Waals surface area contributed by atoms with Gasteiger partial charge >= 0.3 is 0 Å². The second kappa shape index (κ2) is 12.2. The summed E-state index contributed by atoms with van der Waals surface area (Å²) in [5.74, 6) is 9.17. The molecule has 0 spiro atoms. The molecule has 4 atom stereocenters. The molecule has 2 fully saturated rings. The minimum absolute atomic E-state index is 0.0740. The zero-order valence-corrected chi connectivity index (χ0v) is 20.7. The van der Waals surface area contributed by atoms with E-state index in [4.69, 9.17) is 0 Å². The monoisotopic (exact) mass is 454 g/mol. The quantitative estimate of drug-likeness (QED) is 0.289. The van der Waals surface area contributed by atoms with Gasteiger partial charge < -0.3 is 0 Å². The summed E-state index contributed by atoms with van der Waals surface area (Å²) < 4.78 is 15.1. The molecule has 0 saturated heterocycles. The molecule has 0 heterocycles. The van der Waals surface area contributed by atoms with Crippen molar-refractivity contribution in [2.45, 2.75) is 77.0 Å². The zero-order chi connectivity index (χ0) is 23.8. The maximum absolute atomic E-state index is 15.1. The highest BCUT2D eigenvalue weighted by Crippen LogP contribution is 2.48. The van der Waals surface area contributed by atoms with Crippen LogP contribution in [-0.2, 0) is 6.42 Å². The van der Waals surface area contributed by atoms with Crippen LogP contribution in [0.25, 0.3) is 0 Å². The molecular formula is C33H39F. The van der Waals surface area contributed by atoms with Crippen LogP contribution >= 0.6 is 0 Å². The first-order chi connectivity index (χ1) is 16.7. The summed E-state index contributed by atoms with van der Waals surface area (Å²) in [5, 5.41) is 0. The van der Waals surface area contributed by atoms with Gasteiger partial charge in [0.25, 0.3) is 0 Å². The smallest absolute Gasteiger partial charge is 0.127 e. The Bertz CT molecular complexity index is 1030. The molecule has 0 amide bonds. The third-order valence-corrected chi connectivity index (χ3v) is 8.08. The SMILES string of the molecule is C=CCCc1ccc(C#Cc2ccc(C3CCC4CC(CC/C=C/C)CCC4C3)c(F)c2)cc1. The van der Waals surface area contributed by atoms with E-state index in [0.29, 0.717) is 5.92 Å². The summed E-state index contributed by atoms with van der Waals surface area (Å²) in [6.07, 6.45) is 18.6. The Balaban J connectivity index is 1.34. The first kappa shape index (κ1) is 24.5. The number of allylic oxidation sites excluding steroid dienone is 3. The van der Waals surface area contributed by atoms with Crippen LogP contribution < -0.4 is 0 Å². The van der Waals surface area contributed by atoms with Gasteiger partial charge in [-0.05, 0) is 124 Å². The van der Waals surface area contributed by atoms with Gasteiger partial charge in [0, 0.05) is 11.1 Å². The van der Waals surface area contributed by atoms with Crippen LogP contribution in [0.4, 0.5) is 4.39 Å². The number of hydrogen-bond acceptors (Lipinski definition) is 0. The predicted molar refractivity (Wildman–Crippen MR) is 142 cm³/mol. The molecule has 178 valence electrons. The molecule has 2 aromatic carbocycles. The van der Waals surface area contributed by atoms with Crippen LogP contribution in [0, 0.1) is 35.4 Å². The first-order valence-corrected chi connectivity index (χ1v) is 13.3. The molecule has 0 aromatic heterocycles. The fraction of sp³-hybridized carbons (Fsp3) is 0.455. The van der Waals surface area contributed by atoms with Crippen LogP contribution in [0.3, 0.4) is 0 Å². The molecule has 0 nitrogen and oxygen atoms in total. The van der Waals surface area contributed by atoms with Crippen LogP contribution in [0.1, 0.15) is 92.9 Å². The molecule has 34 heavy (non-hydrogen) atoms. The summed E-state index contributed by atoms with van der Waals surface area (Å²) in [6, 6.07) is 14.0. The molecule has 2 aromatic rings. The molecule has 2 aliphatic rings. The fourth-order valence-corrected chi connectivity index (χ4v) is 6.13. The van der Waals surface area contributed by atoms with E-state index in [1.165, 1.54) is 44.1 Å². The lowest BCUT2D eigenvalue weighted by Crippen LogP contribution is -2.30. The molecule has 0 N–H and O–H groups in total. The lowest BCUT2D eigenvalue weighted by atomic mass is 9.63. The number of aryl methyl sites for hydroxylation is 1. The Kier molecular flexibility index (Phi) is 8.81. The van der Waals surface area contributed by atoms with Crippen LogP contribution in [-0.4, -0.2) is 0 Å². The topological polar surface area (TPSA) is 0 Å². The van der Waals surface area contributed by atoms with E-state index in [2.05, 4.69) is 49.6 Å². The molecule has 2 saturated carbocycles. The van der Waals surface area contributed by atoms with Gasteiger partial charge in [-0.25, -0.2) is 4.39 Å². The summed E-state index contributed by atoms with van der Waals surface area (Å²) in [7, 11) is 0. The summed E-state index contributed by atoms with van der Waals surface area (Å²) in [5.41, 5.74) is 3.92. The van der Waals surface area contributed by atoms with Crippen molar-refractivity contribution >= 4 is 0 Å². The van der Waals surface area contributed by atoms with Crippen molar-refractivity contribution in [3.05, 3.63) is 95.3 Å². The highest BCUT2D eigenvalue weighted by molar-refractivity contribution is 5.45. The number of hydrogen-bond donors (Lipinski definition) is 0. The van der Waals surface area contributed by atoms with E-state index in [0.717, 1.165) is 60.1 Å². The molecule has 0 radical (unpaired) electrons. The molecule has 0 bridgehead atoms. The number of halogens is 1. The van der Waals surface area contributed by atoms with Crippen molar-refractivity contribution in [2.75, 3.05) is 0 Å². The number of benzene rings is 2. The van der Waals surface area contributed by atoms with Crippen LogP contribution in [0.5, 0.6) is 0 Å². The normalized spacial score (nSPS) is 24.3. The largest absolute Gasteiger partial charge is 0.207 e. The van der Waals surface area contributed by atoms with E-state index in [9.17, 15) is 0 Å². The first-order valence-electron chi connectivity index (χ1n) is 13.3. The van der Waals surface area contributed by atoms with Crippen LogP contribution in [0.15, 0.2) is 67.3 Å². The van der Waals surface area contributed by atoms with E-state index >= 15 is 4.39 Å². The lowest BCUT2D eigenvalue weighted by Gasteiger charge is -2.42. The van der Waals surface area contributed by atoms with Gasteiger partial charge in [0.1, 0.15) is 5.82 Å². The molecular weight excluding hydrogens is 415 g/mol. The average Bonchev–Trinajstić information content (AvgIpc) is 2.87. The maximum atomic E-state index is 15.1. The third-order valence-electron chi connectivity index (χ3n) is 8.08.